The van der Waals surface area contributed by atoms with Gasteiger partial charge in [0.15, 0.2) is 0 Å². The van der Waals surface area contributed by atoms with E-state index in [9.17, 15) is 9.90 Å². The van der Waals surface area contributed by atoms with Gasteiger partial charge in [-0.1, -0.05) is 24.3 Å². The van der Waals surface area contributed by atoms with Crippen LogP contribution in [0.15, 0.2) is 48.5 Å². The van der Waals surface area contributed by atoms with Crippen molar-refractivity contribution in [3.63, 3.8) is 0 Å². The van der Waals surface area contributed by atoms with E-state index in [4.69, 9.17) is 9.47 Å². The molecule has 4 heteroatoms. The van der Waals surface area contributed by atoms with E-state index in [1.807, 2.05) is 6.07 Å². The standard InChI is InChI=1S/C17H18O4/c1-20-16-11-5-10-15(18)14(16)9-6-12-21-17(19)13-7-3-2-4-8-13/h2-5,7-8,10-11,18H,6,9,12H2,1H3. The van der Waals surface area contributed by atoms with Crippen molar-refractivity contribution in [2.24, 2.45) is 0 Å². The quantitative estimate of drug-likeness (QED) is 0.654. The maximum absolute atomic E-state index is 11.7. The number of benzene rings is 2. The van der Waals surface area contributed by atoms with Gasteiger partial charge in [0, 0.05) is 5.56 Å². The molecule has 0 bridgehead atoms. The topological polar surface area (TPSA) is 55.8 Å². The number of methoxy groups -OCH3 is 1. The number of esters is 1. The molecule has 0 radical (unpaired) electrons. The van der Waals surface area contributed by atoms with E-state index in [-0.39, 0.29) is 11.7 Å². The van der Waals surface area contributed by atoms with Crippen LogP contribution >= 0.6 is 0 Å². The zero-order valence-corrected chi connectivity index (χ0v) is 11.9. The van der Waals surface area contributed by atoms with E-state index in [2.05, 4.69) is 0 Å². The first-order valence-electron chi connectivity index (χ1n) is 6.79. The van der Waals surface area contributed by atoms with Crippen LogP contribution in [0.5, 0.6) is 11.5 Å². The highest BCUT2D eigenvalue weighted by Crippen LogP contribution is 2.28. The molecule has 2 aromatic rings. The molecule has 0 amide bonds. The van der Waals surface area contributed by atoms with Gasteiger partial charge in [-0.3, -0.25) is 0 Å². The minimum atomic E-state index is -0.333. The fourth-order valence-corrected chi connectivity index (χ4v) is 2.07. The monoisotopic (exact) mass is 286 g/mol. The van der Waals surface area contributed by atoms with E-state index in [0.29, 0.717) is 30.8 Å². The predicted molar refractivity (Wildman–Crippen MR) is 79.7 cm³/mol. The highest BCUT2D eigenvalue weighted by Gasteiger charge is 2.09. The van der Waals surface area contributed by atoms with Gasteiger partial charge in [0.25, 0.3) is 0 Å². The summed E-state index contributed by atoms with van der Waals surface area (Å²) in [7, 11) is 1.56. The second-order valence-electron chi connectivity index (χ2n) is 4.56. The van der Waals surface area contributed by atoms with Crippen LogP contribution < -0.4 is 4.74 Å². The lowest BCUT2D eigenvalue weighted by atomic mass is 10.1. The Labute approximate surface area is 123 Å². The normalized spacial score (nSPS) is 10.1. The highest BCUT2D eigenvalue weighted by molar-refractivity contribution is 5.89. The van der Waals surface area contributed by atoms with Crippen LogP contribution in [0.3, 0.4) is 0 Å². The number of aromatic hydroxyl groups is 1. The molecule has 110 valence electrons. The van der Waals surface area contributed by atoms with Crippen molar-refractivity contribution >= 4 is 5.97 Å². The van der Waals surface area contributed by atoms with Crippen molar-refractivity contribution in [2.45, 2.75) is 12.8 Å². The third kappa shape index (κ3) is 3.99. The van der Waals surface area contributed by atoms with Gasteiger partial charge >= 0.3 is 5.97 Å². The van der Waals surface area contributed by atoms with E-state index in [1.54, 1.807) is 49.6 Å². The minimum absolute atomic E-state index is 0.198. The van der Waals surface area contributed by atoms with E-state index >= 15 is 0 Å². The van der Waals surface area contributed by atoms with Gasteiger partial charge in [0.05, 0.1) is 19.3 Å². The Bertz CT molecular complexity index is 593. The Balaban J connectivity index is 1.84. The number of carbonyl (C=O) groups is 1. The summed E-state index contributed by atoms with van der Waals surface area (Å²) in [6.07, 6.45) is 1.20. The van der Waals surface area contributed by atoms with Crippen molar-refractivity contribution in [2.75, 3.05) is 13.7 Å². The summed E-state index contributed by atoms with van der Waals surface area (Å²) in [5, 5.41) is 9.82. The van der Waals surface area contributed by atoms with E-state index in [0.717, 1.165) is 5.56 Å². The third-order valence-corrected chi connectivity index (χ3v) is 3.14. The largest absolute Gasteiger partial charge is 0.508 e. The van der Waals surface area contributed by atoms with Gasteiger partial charge in [-0.25, -0.2) is 4.79 Å². The van der Waals surface area contributed by atoms with Crippen molar-refractivity contribution in [1.82, 2.24) is 0 Å². The van der Waals surface area contributed by atoms with E-state index in [1.165, 1.54) is 0 Å². The van der Waals surface area contributed by atoms with Gasteiger partial charge < -0.3 is 14.6 Å². The number of ether oxygens (including phenoxy) is 2. The van der Waals surface area contributed by atoms with Crippen LogP contribution in [-0.4, -0.2) is 24.8 Å². The molecule has 0 saturated carbocycles. The molecule has 1 N–H and O–H groups in total. The van der Waals surface area contributed by atoms with Gasteiger partial charge in [0.2, 0.25) is 0 Å². The maximum atomic E-state index is 11.7. The number of rotatable bonds is 6. The Morgan fingerprint density at radius 1 is 1.10 bits per heavy atom. The number of hydrogen-bond acceptors (Lipinski definition) is 4. The second kappa shape index (κ2) is 7.33. The maximum Gasteiger partial charge on any atom is 0.338 e. The average molecular weight is 286 g/mol. The van der Waals surface area contributed by atoms with Gasteiger partial charge in [-0.2, -0.15) is 0 Å². The summed E-state index contributed by atoms with van der Waals surface area (Å²) in [4.78, 5) is 11.7. The Morgan fingerprint density at radius 3 is 2.57 bits per heavy atom. The predicted octanol–water partition coefficient (Wildman–Crippen LogP) is 3.19. The minimum Gasteiger partial charge on any atom is -0.508 e. The summed E-state index contributed by atoms with van der Waals surface area (Å²) in [6, 6.07) is 14.0. The van der Waals surface area contributed by atoms with Crippen molar-refractivity contribution in [3.05, 3.63) is 59.7 Å². The molecule has 0 spiro atoms. The first-order chi connectivity index (χ1) is 10.2. The molecule has 0 aliphatic rings. The summed E-state index contributed by atoms with van der Waals surface area (Å²) in [6.45, 7) is 0.297. The molecule has 0 heterocycles. The molecule has 0 aromatic heterocycles. The smallest absolute Gasteiger partial charge is 0.338 e. The van der Waals surface area contributed by atoms with Crippen LogP contribution in [0.25, 0.3) is 0 Å². The fourth-order valence-electron chi connectivity index (χ4n) is 2.07. The molecule has 0 unspecified atom stereocenters. The summed E-state index contributed by atoms with van der Waals surface area (Å²) >= 11 is 0. The summed E-state index contributed by atoms with van der Waals surface area (Å²) in [5.41, 5.74) is 1.27. The van der Waals surface area contributed by atoms with Gasteiger partial charge in [0.1, 0.15) is 11.5 Å². The van der Waals surface area contributed by atoms with Crippen LogP contribution in [0, 0.1) is 0 Å². The molecule has 0 aliphatic carbocycles. The summed E-state index contributed by atoms with van der Waals surface area (Å²) in [5.74, 6) is 0.507. The fraction of sp³-hybridized carbons (Fsp3) is 0.235. The van der Waals surface area contributed by atoms with Crippen LogP contribution in [0.1, 0.15) is 22.3 Å². The second-order valence-corrected chi connectivity index (χ2v) is 4.56. The lowest BCUT2D eigenvalue weighted by Crippen LogP contribution is -2.07. The molecule has 0 fully saturated rings. The van der Waals surface area contributed by atoms with Crippen LogP contribution in [-0.2, 0) is 11.2 Å². The SMILES string of the molecule is COc1cccc(O)c1CCCOC(=O)c1ccccc1. The number of carbonyl (C=O) groups excluding carboxylic acids is 1. The highest BCUT2D eigenvalue weighted by atomic mass is 16.5. The molecule has 0 aliphatic heterocycles. The molecule has 0 saturated heterocycles. The zero-order chi connectivity index (χ0) is 15.1. The van der Waals surface area contributed by atoms with Crippen molar-refractivity contribution in [1.29, 1.82) is 0 Å². The molecular weight excluding hydrogens is 268 g/mol. The van der Waals surface area contributed by atoms with Crippen molar-refractivity contribution < 1.29 is 19.4 Å². The zero-order valence-electron chi connectivity index (χ0n) is 11.9. The lowest BCUT2D eigenvalue weighted by molar-refractivity contribution is 0.0500. The molecular formula is C17H18O4. The molecule has 4 nitrogen and oxygen atoms in total. The molecule has 0 atom stereocenters. The van der Waals surface area contributed by atoms with Gasteiger partial charge in [-0.05, 0) is 37.1 Å². The number of hydrogen-bond donors (Lipinski definition) is 1. The Morgan fingerprint density at radius 2 is 1.86 bits per heavy atom. The first kappa shape index (κ1) is 14.9. The van der Waals surface area contributed by atoms with Crippen LogP contribution in [0.4, 0.5) is 0 Å². The van der Waals surface area contributed by atoms with Crippen molar-refractivity contribution in [3.8, 4) is 11.5 Å². The third-order valence-electron chi connectivity index (χ3n) is 3.14. The molecule has 2 aromatic carbocycles. The summed E-state index contributed by atoms with van der Waals surface area (Å²) < 4.78 is 10.4. The number of phenols is 1. The molecule has 21 heavy (non-hydrogen) atoms. The van der Waals surface area contributed by atoms with E-state index < -0.39 is 0 Å². The average Bonchev–Trinajstić information content (AvgIpc) is 2.53. The van der Waals surface area contributed by atoms with Gasteiger partial charge in [-0.15, -0.1) is 0 Å². The Hall–Kier alpha value is -2.49. The Kier molecular flexibility index (Phi) is 5.21. The first-order valence-corrected chi connectivity index (χ1v) is 6.79. The van der Waals surface area contributed by atoms with Crippen LogP contribution in [0.2, 0.25) is 0 Å². The number of phenolic OH excluding ortho intramolecular Hbond substituents is 1. The molecule has 2 rings (SSSR count). The lowest BCUT2D eigenvalue weighted by Gasteiger charge is -2.10.